The molecule has 0 saturated carbocycles. The molecule has 178 valence electrons. The van der Waals surface area contributed by atoms with Crippen LogP contribution in [-0.2, 0) is 0 Å². The SMILES string of the molecule is O=C(c1ccc(Oc2ccccc2)cc1Cl)c1c[nH]c2ncnc(NC3CCN(C(=O)O)CC3)c12. The Morgan fingerprint density at radius 1 is 1.06 bits per heavy atom. The highest BCUT2D eigenvalue weighted by molar-refractivity contribution is 6.35. The number of carboxylic acid groups (broad SMARTS) is 1. The molecule has 3 heterocycles. The van der Waals surface area contributed by atoms with Crippen molar-refractivity contribution in [3.05, 3.63) is 77.2 Å². The van der Waals surface area contributed by atoms with Gasteiger partial charge in [0.25, 0.3) is 0 Å². The summed E-state index contributed by atoms with van der Waals surface area (Å²) in [5.74, 6) is 1.44. The van der Waals surface area contributed by atoms with Crippen molar-refractivity contribution < 1.29 is 19.4 Å². The number of nitrogens with one attached hydrogen (secondary N) is 2. The van der Waals surface area contributed by atoms with Crippen LogP contribution in [0.25, 0.3) is 11.0 Å². The number of ether oxygens (including phenoxy) is 1. The van der Waals surface area contributed by atoms with E-state index in [9.17, 15) is 14.7 Å². The van der Waals surface area contributed by atoms with Crippen molar-refractivity contribution in [3.8, 4) is 11.5 Å². The fraction of sp³-hybridized carbons (Fsp3) is 0.200. The van der Waals surface area contributed by atoms with Crippen molar-refractivity contribution in [3.63, 3.8) is 0 Å². The molecule has 0 radical (unpaired) electrons. The molecule has 0 unspecified atom stereocenters. The number of carbonyl (C=O) groups excluding carboxylic acids is 1. The standard InChI is InChI=1S/C25H22ClN5O4/c26-20-12-17(35-16-4-2-1-3-5-16)6-7-18(20)22(32)19-13-27-23-21(19)24(29-14-28-23)30-15-8-10-31(11-9-15)25(33)34/h1-7,12-15H,8-11H2,(H,33,34)(H2,27,28,29,30). The van der Waals surface area contributed by atoms with Crippen LogP contribution in [0.5, 0.6) is 11.5 Å². The lowest BCUT2D eigenvalue weighted by Gasteiger charge is -2.30. The molecule has 4 aromatic rings. The summed E-state index contributed by atoms with van der Waals surface area (Å²) in [5.41, 5.74) is 1.25. The van der Waals surface area contributed by atoms with Crippen LogP contribution in [0, 0.1) is 0 Å². The van der Waals surface area contributed by atoms with Crippen LogP contribution in [0.2, 0.25) is 5.02 Å². The third-order valence-corrected chi connectivity index (χ3v) is 6.30. The molecule has 3 N–H and O–H groups in total. The number of fused-ring (bicyclic) bond motifs is 1. The number of ketones is 1. The van der Waals surface area contributed by atoms with Gasteiger partial charge in [-0.05, 0) is 37.1 Å². The third-order valence-electron chi connectivity index (χ3n) is 5.98. The van der Waals surface area contributed by atoms with Crippen LogP contribution in [0.4, 0.5) is 10.6 Å². The van der Waals surface area contributed by atoms with E-state index in [1.807, 2.05) is 30.3 Å². The Labute approximate surface area is 205 Å². The van der Waals surface area contributed by atoms with Gasteiger partial charge in [0, 0.05) is 37.0 Å². The average molecular weight is 492 g/mol. The largest absolute Gasteiger partial charge is 0.465 e. The molecule has 1 fully saturated rings. The van der Waals surface area contributed by atoms with Crippen molar-refractivity contribution in [2.24, 2.45) is 0 Å². The topological polar surface area (TPSA) is 120 Å². The van der Waals surface area contributed by atoms with Crippen LogP contribution in [0.15, 0.2) is 61.1 Å². The molecule has 5 rings (SSSR count). The molecule has 1 amide bonds. The van der Waals surface area contributed by atoms with Gasteiger partial charge >= 0.3 is 6.09 Å². The molecule has 0 bridgehead atoms. The van der Waals surface area contributed by atoms with E-state index in [1.54, 1.807) is 24.4 Å². The summed E-state index contributed by atoms with van der Waals surface area (Å²) < 4.78 is 5.81. The average Bonchev–Trinajstić information content (AvgIpc) is 3.30. The lowest BCUT2D eigenvalue weighted by atomic mass is 10.0. The Kier molecular flexibility index (Phi) is 6.24. The second kappa shape index (κ2) is 9.63. The normalized spacial score (nSPS) is 14.1. The molecular formula is C25H22ClN5O4. The van der Waals surface area contributed by atoms with Crippen LogP contribution in [-0.4, -0.2) is 56.0 Å². The maximum Gasteiger partial charge on any atom is 0.407 e. The highest BCUT2D eigenvalue weighted by Gasteiger charge is 2.25. The molecule has 1 saturated heterocycles. The third kappa shape index (κ3) is 4.76. The van der Waals surface area contributed by atoms with Crippen LogP contribution < -0.4 is 10.1 Å². The Morgan fingerprint density at radius 3 is 2.54 bits per heavy atom. The number of anilines is 1. The quantitative estimate of drug-likeness (QED) is 0.317. The van der Waals surface area contributed by atoms with E-state index in [4.69, 9.17) is 16.3 Å². The molecule has 0 aliphatic carbocycles. The Balaban J connectivity index is 1.39. The van der Waals surface area contributed by atoms with E-state index in [0.29, 0.717) is 65.4 Å². The fourth-order valence-corrected chi connectivity index (χ4v) is 4.43. The van der Waals surface area contributed by atoms with Crippen molar-refractivity contribution in [1.29, 1.82) is 0 Å². The molecule has 1 aliphatic rings. The van der Waals surface area contributed by atoms with E-state index in [0.717, 1.165) is 0 Å². The van der Waals surface area contributed by atoms with Crippen LogP contribution in [0.1, 0.15) is 28.8 Å². The second-order valence-electron chi connectivity index (χ2n) is 8.22. The summed E-state index contributed by atoms with van der Waals surface area (Å²) in [6, 6.07) is 14.3. The molecule has 2 aromatic heterocycles. The van der Waals surface area contributed by atoms with Gasteiger partial charge in [0.05, 0.1) is 16.0 Å². The first-order valence-electron chi connectivity index (χ1n) is 11.1. The number of benzene rings is 2. The van der Waals surface area contributed by atoms with Crippen molar-refractivity contribution in [1.82, 2.24) is 19.9 Å². The van der Waals surface area contributed by atoms with Gasteiger partial charge in [-0.2, -0.15) is 0 Å². The fourth-order valence-electron chi connectivity index (χ4n) is 4.17. The lowest BCUT2D eigenvalue weighted by molar-refractivity contribution is 0.104. The molecule has 2 aromatic carbocycles. The first-order valence-corrected chi connectivity index (χ1v) is 11.5. The number of hydrogen-bond donors (Lipinski definition) is 3. The number of aromatic nitrogens is 3. The highest BCUT2D eigenvalue weighted by atomic mass is 35.5. The molecular weight excluding hydrogens is 470 g/mol. The first-order chi connectivity index (χ1) is 17.0. The zero-order valence-electron chi connectivity index (χ0n) is 18.6. The van der Waals surface area contributed by atoms with E-state index in [-0.39, 0.29) is 16.8 Å². The van der Waals surface area contributed by atoms with Crippen molar-refractivity contribution in [2.75, 3.05) is 18.4 Å². The zero-order chi connectivity index (χ0) is 24.4. The number of H-pyrrole nitrogens is 1. The minimum absolute atomic E-state index is 0.0274. The lowest BCUT2D eigenvalue weighted by Crippen LogP contribution is -2.41. The minimum Gasteiger partial charge on any atom is -0.465 e. The Morgan fingerprint density at radius 2 is 1.83 bits per heavy atom. The summed E-state index contributed by atoms with van der Waals surface area (Å²) >= 11 is 6.48. The van der Waals surface area contributed by atoms with Gasteiger partial charge in [-0.3, -0.25) is 4.79 Å². The van der Waals surface area contributed by atoms with Gasteiger partial charge < -0.3 is 25.0 Å². The first kappa shape index (κ1) is 22.7. The smallest absolute Gasteiger partial charge is 0.407 e. The zero-order valence-corrected chi connectivity index (χ0v) is 19.3. The molecule has 35 heavy (non-hydrogen) atoms. The predicted molar refractivity (Wildman–Crippen MR) is 132 cm³/mol. The Bertz CT molecular complexity index is 1380. The summed E-state index contributed by atoms with van der Waals surface area (Å²) in [6.07, 6.45) is 3.39. The molecule has 9 nitrogen and oxygen atoms in total. The summed E-state index contributed by atoms with van der Waals surface area (Å²) in [7, 11) is 0. The maximum atomic E-state index is 13.5. The number of hydrogen-bond acceptors (Lipinski definition) is 6. The highest BCUT2D eigenvalue weighted by Crippen LogP contribution is 2.32. The van der Waals surface area contributed by atoms with Gasteiger partial charge in [0.2, 0.25) is 0 Å². The number of para-hydroxylation sites is 1. The van der Waals surface area contributed by atoms with Gasteiger partial charge in [0.1, 0.15) is 29.3 Å². The van der Waals surface area contributed by atoms with Crippen LogP contribution >= 0.6 is 11.6 Å². The monoisotopic (exact) mass is 491 g/mol. The van der Waals surface area contributed by atoms with Crippen molar-refractivity contribution in [2.45, 2.75) is 18.9 Å². The summed E-state index contributed by atoms with van der Waals surface area (Å²) in [6.45, 7) is 0.875. The number of likely N-dealkylation sites (tertiary alicyclic amines) is 1. The molecule has 0 atom stereocenters. The van der Waals surface area contributed by atoms with E-state index in [1.165, 1.54) is 11.2 Å². The maximum absolute atomic E-state index is 13.5. The molecule has 1 aliphatic heterocycles. The molecule has 0 spiro atoms. The number of halogens is 1. The van der Waals surface area contributed by atoms with E-state index in [2.05, 4.69) is 20.3 Å². The number of amides is 1. The van der Waals surface area contributed by atoms with Gasteiger partial charge in [-0.1, -0.05) is 29.8 Å². The second-order valence-corrected chi connectivity index (χ2v) is 8.63. The van der Waals surface area contributed by atoms with Gasteiger partial charge in [-0.15, -0.1) is 0 Å². The number of piperidine rings is 1. The summed E-state index contributed by atoms with van der Waals surface area (Å²) in [4.78, 5) is 37.7. The van der Waals surface area contributed by atoms with E-state index >= 15 is 0 Å². The van der Waals surface area contributed by atoms with Crippen LogP contribution in [0.3, 0.4) is 0 Å². The number of rotatable bonds is 6. The molecule has 10 heteroatoms. The van der Waals surface area contributed by atoms with E-state index < -0.39 is 6.09 Å². The summed E-state index contributed by atoms with van der Waals surface area (Å²) in [5, 5.41) is 13.4. The predicted octanol–water partition coefficient (Wildman–Crippen LogP) is 5.19. The number of carbonyl (C=O) groups is 2. The van der Waals surface area contributed by atoms with Gasteiger partial charge in [-0.25, -0.2) is 14.8 Å². The van der Waals surface area contributed by atoms with Crippen molar-refractivity contribution >= 4 is 40.3 Å². The Hall–Kier alpha value is -4.11. The number of aromatic amines is 1. The number of nitrogens with zero attached hydrogens (tertiary/aromatic N) is 3. The van der Waals surface area contributed by atoms with Gasteiger partial charge in [0.15, 0.2) is 5.78 Å². The minimum atomic E-state index is -0.913.